The Balaban J connectivity index is 1.72. The molecule has 1 atom stereocenters. The van der Waals surface area contributed by atoms with Gasteiger partial charge >= 0.3 is 0 Å². The molecule has 0 unspecified atom stereocenters. The van der Waals surface area contributed by atoms with Gasteiger partial charge in [0.2, 0.25) is 21.8 Å². The smallest absolute Gasteiger partial charge is 0.244 e. The lowest BCUT2D eigenvalue weighted by Crippen LogP contribution is -2.54. The molecule has 0 heterocycles. The fraction of sp³-hybridized carbons (Fsp3) is 0.394. The van der Waals surface area contributed by atoms with E-state index in [1.807, 2.05) is 81.4 Å². The molecule has 4 rings (SSSR count). The van der Waals surface area contributed by atoms with Gasteiger partial charge in [0.05, 0.1) is 11.9 Å². The van der Waals surface area contributed by atoms with Gasteiger partial charge in [-0.1, -0.05) is 79.1 Å². The third-order valence-corrected chi connectivity index (χ3v) is 9.04. The van der Waals surface area contributed by atoms with Crippen LogP contribution in [-0.4, -0.2) is 50.0 Å². The van der Waals surface area contributed by atoms with Crippen LogP contribution in [0.25, 0.3) is 0 Å². The van der Waals surface area contributed by atoms with Gasteiger partial charge in [-0.05, 0) is 68.0 Å². The van der Waals surface area contributed by atoms with E-state index in [9.17, 15) is 18.0 Å². The minimum atomic E-state index is -3.79. The first-order chi connectivity index (χ1) is 19.5. The van der Waals surface area contributed by atoms with Crippen LogP contribution in [0.5, 0.6) is 0 Å². The monoisotopic (exact) mass is 575 g/mol. The molecule has 1 fully saturated rings. The third-order valence-electron chi connectivity index (χ3n) is 7.90. The molecule has 1 saturated carbocycles. The van der Waals surface area contributed by atoms with E-state index < -0.39 is 28.5 Å². The van der Waals surface area contributed by atoms with E-state index in [0.29, 0.717) is 12.1 Å². The number of hydrogen-bond acceptors (Lipinski definition) is 4. The highest BCUT2D eigenvalue weighted by Gasteiger charge is 2.34. The second-order valence-corrected chi connectivity index (χ2v) is 13.1. The van der Waals surface area contributed by atoms with Crippen molar-refractivity contribution >= 4 is 27.5 Å². The third kappa shape index (κ3) is 8.19. The second-order valence-electron chi connectivity index (χ2n) is 11.2. The zero-order valence-corrected chi connectivity index (χ0v) is 25.3. The molecule has 8 heteroatoms. The zero-order chi connectivity index (χ0) is 29.6. The van der Waals surface area contributed by atoms with Gasteiger partial charge in [-0.2, -0.15) is 0 Å². The molecule has 1 N–H and O–H groups in total. The minimum Gasteiger partial charge on any atom is -0.352 e. The molecule has 0 saturated heterocycles. The average Bonchev–Trinajstić information content (AvgIpc) is 3.45. The molecule has 0 aliphatic heterocycles. The topological polar surface area (TPSA) is 86.8 Å². The summed E-state index contributed by atoms with van der Waals surface area (Å²) in [5.74, 6) is -0.643. The predicted molar refractivity (Wildman–Crippen MR) is 164 cm³/mol. The SMILES string of the molecule is Cc1ccc(CN(C(=O)CN(c2ccc(C)c(C)c2)S(C)(=O)=O)[C@@H](Cc2ccccc2)C(=O)NC2CCCC2)cc1. The van der Waals surface area contributed by atoms with Gasteiger partial charge in [-0.25, -0.2) is 8.42 Å². The van der Waals surface area contributed by atoms with Crippen LogP contribution in [0.1, 0.15) is 53.5 Å². The predicted octanol–water partition coefficient (Wildman–Crippen LogP) is 5.08. The summed E-state index contributed by atoms with van der Waals surface area (Å²) in [5, 5.41) is 3.19. The van der Waals surface area contributed by atoms with Gasteiger partial charge in [-0.3, -0.25) is 13.9 Å². The number of aryl methyl sites for hydroxylation is 3. The Labute approximate surface area is 244 Å². The first-order valence-corrected chi connectivity index (χ1v) is 16.1. The van der Waals surface area contributed by atoms with Crippen molar-refractivity contribution in [2.75, 3.05) is 17.1 Å². The first kappa shape index (κ1) is 30.3. The van der Waals surface area contributed by atoms with Gasteiger partial charge in [-0.15, -0.1) is 0 Å². The summed E-state index contributed by atoms with van der Waals surface area (Å²) in [6.45, 7) is 5.63. The Hall–Kier alpha value is -3.65. The van der Waals surface area contributed by atoms with Crippen LogP contribution in [0.15, 0.2) is 72.8 Å². The highest BCUT2D eigenvalue weighted by molar-refractivity contribution is 7.92. The molecule has 3 aromatic carbocycles. The number of nitrogens with zero attached hydrogens (tertiary/aromatic N) is 2. The van der Waals surface area contributed by atoms with E-state index >= 15 is 0 Å². The number of sulfonamides is 1. The van der Waals surface area contributed by atoms with Crippen molar-refractivity contribution in [3.05, 3.63) is 101 Å². The van der Waals surface area contributed by atoms with Crippen LogP contribution in [0.4, 0.5) is 5.69 Å². The number of hydrogen-bond donors (Lipinski definition) is 1. The van der Waals surface area contributed by atoms with Crippen LogP contribution in [0.3, 0.4) is 0 Å². The molecule has 1 aliphatic carbocycles. The molecule has 3 aromatic rings. The lowest BCUT2D eigenvalue weighted by Gasteiger charge is -2.34. The van der Waals surface area contributed by atoms with E-state index in [4.69, 9.17) is 0 Å². The van der Waals surface area contributed by atoms with Crippen molar-refractivity contribution < 1.29 is 18.0 Å². The molecule has 218 valence electrons. The lowest BCUT2D eigenvalue weighted by atomic mass is 10.0. The van der Waals surface area contributed by atoms with Crippen molar-refractivity contribution in [2.24, 2.45) is 0 Å². The van der Waals surface area contributed by atoms with Crippen LogP contribution in [0.2, 0.25) is 0 Å². The van der Waals surface area contributed by atoms with Gasteiger partial charge in [0.1, 0.15) is 12.6 Å². The summed E-state index contributed by atoms with van der Waals surface area (Å²) in [4.78, 5) is 29.7. The Morgan fingerprint density at radius 1 is 0.878 bits per heavy atom. The Bertz CT molecular complexity index is 1450. The standard InChI is InChI=1S/C33H41N3O4S/c1-24-14-17-28(18-15-24)22-35(32(37)23-36(41(4,39)40)30-19-16-25(2)26(3)20-30)31(21-27-10-6-5-7-11-27)33(38)34-29-12-8-9-13-29/h5-7,10-11,14-20,29,31H,8-9,12-13,21-23H2,1-4H3,(H,34,38)/t31-/m0/s1. The van der Waals surface area contributed by atoms with Crippen molar-refractivity contribution in [1.82, 2.24) is 10.2 Å². The number of rotatable bonds is 11. The molecule has 0 aromatic heterocycles. The molecule has 2 amide bonds. The Morgan fingerprint density at radius 3 is 2.15 bits per heavy atom. The van der Waals surface area contributed by atoms with Gasteiger partial charge in [0, 0.05) is 19.0 Å². The lowest BCUT2D eigenvalue weighted by molar-refractivity contribution is -0.140. The molecule has 0 bridgehead atoms. The van der Waals surface area contributed by atoms with E-state index in [1.165, 1.54) is 0 Å². The van der Waals surface area contributed by atoms with Gasteiger partial charge in [0.25, 0.3) is 0 Å². The number of carbonyl (C=O) groups is 2. The normalized spacial score (nSPS) is 14.4. The van der Waals surface area contributed by atoms with E-state index in [2.05, 4.69) is 5.32 Å². The molecule has 0 spiro atoms. The summed E-state index contributed by atoms with van der Waals surface area (Å²) in [6.07, 6.45) is 5.40. The van der Waals surface area contributed by atoms with Crippen LogP contribution < -0.4 is 9.62 Å². The molecular weight excluding hydrogens is 534 g/mol. The van der Waals surface area contributed by atoms with Crippen molar-refractivity contribution in [3.8, 4) is 0 Å². The second kappa shape index (κ2) is 13.3. The molecular formula is C33H41N3O4S. The molecule has 7 nitrogen and oxygen atoms in total. The maximum Gasteiger partial charge on any atom is 0.244 e. The number of nitrogens with one attached hydrogen (secondary N) is 1. The molecule has 0 radical (unpaired) electrons. The zero-order valence-electron chi connectivity index (χ0n) is 24.5. The quantitative estimate of drug-likeness (QED) is 0.346. The number of benzene rings is 3. The van der Waals surface area contributed by atoms with E-state index in [1.54, 1.807) is 17.0 Å². The van der Waals surface area contributed by atoms with Crippen LogP contribution >= 0.6 is 0 Å². The Kier molecular flexibility index (Phi) is 9.86. The highest BCUT2D eigenvalue weighted by atomic mass is 32.2. The maximum atomic E-state index is 14.2. The average molecular weight is 576 g/mol. The maximum absolute atomic E-state index is 14.2. The fourth-order valence-electron chi connectivity index (χ4n) is 5.31. The number of anilines is 1. The first-order valence-electron chi connectivity index (χ1n) is 14.3. The van der Waals surface area contributed by atoms with Crippen molar-refractivity contribution in [3.63, 3.8) is 0 Å². The molecule has 1 aliphatic rings. The highest BCUT2D eigenvalue weighted by Crippen LogP contribution is 2.24. The fourth-order valence-corrected chi connectivity index (χ4v) is 6.15. The number of amides is 2. The van der Waals surface area contributed by atoms with E-state index in [0.717, 1.165) is 64.1 Å². The van der Waals surface area contributed by atoms with Crippen LogP contribution in [-0.2, 0) is 32.6 Å². The minimum absolute atomic E-state index is 0.0835. The van der Waals surface area contributed by atoms with Crippen molar-refractivity contribution in [1.29, 1.82) is 0 Å². The summed E-state index contributed by atoms with van der Waals surface area (Å²) in [6, 6.07) is 22.1. The van der Waals surface area contributed by atoms with E-state index in [-0.39, 0.29) is 18.5 Å². The van der Waals surface area contributed by atoms with Crippen LogP contribution in [0, 0.1) is 20.8 Å². The summed E-state index contributed by atoms with van der Waals surface area (Å²) in [5.41, 5.74) is 5.26. The van der Waals surface area contributed by atoms with Crippen molar-refractivity contribution in [2.45, 2.75) is 71.5 Å². The number of carbonyl (C=O) groups excluding carboxylic acids is 2. The summed E-state index contributed by atoms with van der Waals surface area (Å²) >= 11 is 0. The molecule has 41 heavy (non-hydrogen) atoms. The largest absolute Gasteiger partial charge is 0.352 e. The summed E-state index contributed by atoms with van der Waals surface area (Å²) < 4.78 is 27.1. The Morgan fingerprint density at radius 2 is 1.54 bits per heavy atom. The van der Waals surface area contributed by atoms with Gasteiger partial charge < -0.3 is 10.2 Å². The van der Waals surface area contributed by atoms with Gasteiger partial charge in [0.15, 0.2) is 0 Å². The summed E-state index contributed by atoms with van der Waals surface area (Å²) in [7, 11) is -3.79.